The van der Waals surface area contributed by atoms with Gasteiger partial charge in [-0.05, 0) is 13.8 Å². The summed E-state index contributed by atoms with van der Waals surface area (Å²) in [6, 6.07) is 0. The van der Waals surface area contributed by atoms with Crippen molar-refractivity contribution in [1.82, 2.24) is 9.55 Å². The van der Waals surface area contributed by atoms with Crippen molar-refractivity contribution in [2.75, 3.05) is 0 Å². The second kappa shape index (κ2) is 5.85. The van der Waals surface area contributed by atoms with E-state index in [9.17, 15) is 4.79 Å². The summed E-state index contributed by atoms with van der Waals surface area (Å²) in [4.78, 5) is 14.6. The zero-order chi connectivity index (χ0) is 12.0. The lowest BCUT2D eigenvalue weighted by molar-refractivity contribution is 0.111. The summed E-state index contributed by atoms with van der Waals surface area (Å²) in [7, 11) is 0. The Morgan fingerprint density at radius 3 is 2.94 bits per heavy atom. The average Bonchev–Trinajstić information content (AvgIpc) is 2.65. The van der Waals surface area contributed by atoms with Gasteiger partial charge in [-0.15, -0.1) is 0 Å². The maximum atomic E-state index is 10.7. The van der Waals surface area contributed by atoms with E-state index in [1.165, 1.54) is 0 Å². The number of hydrogen-bond donors (Lipinski definition) is 0. The van der Waals surface area contributed by atoms with Gasteiger partial charge in [0.05, 0.1) is 12.5 Å². The first-order chi connectivity index (χ1) is 7.67. The molecule has 0 amide bonds. The molecule has 0 N–H and O–H groups in total. The van der Waals surface area contributed by atoms with Crippen LogP contribution in [-0.2, 0) is 6.54 Å². The molecule has 3 heteroatoms. The van der Waals surface area contributed by atoms with E-state index in [-0.39, 0.29) is 0 Å². The van der Waals surface area contributed by atoms with Gasteiger partial charge in [-0.2, -0.15) is 0 Å². The molecule has 1 aromatic rings. The highest BCUT2D eigenvalue weighted by molar-refractivity contribution is 5.71. The van der Waals surface area contributed by atoms with E-state index in [0.29, 0.717) is 12.2 Å². The molecule has 0 spiro atoms. The number of imidazole rings is 1. The maximum Gasteiger partial charge on any atom is 0.168 e. The first-order valence-corrected chi connectivity index (χ1v) is 5.09. The van der Waals surface area contributed by atoms with Crippen molar-refractivity contribution < 1.29 is 4.79 Å². The van der Waals surface area contributed by atoms with Crippen molar-refractivity contribution in [3.05, 3.63) is 54.2 Å². The minimum atomic E-state index is 0.595. The van der Waals surface area contributed by atoms with Gasteiger partial charge in [0.15, 0.2) is 6.29 Å². The largest absolute Gasteiger partial charge is 0.324 e. The average molecular weight is 216 g/mol. The highest BCUT2D eigenvalue weighted by Crippen LogP contribution is 2.06. The van der Waals surface area contributed by atoms with Crippen molar-refractivity contribution in [2.45, 2.75) is 20.4 Å². The predicted molar refractivity (Wildman–Crippen MR) is 65.3 cm³/mol. The Labute approximate surface area is 95.8 Å². The second-order valence-electron chi connectivity index (χ2n) is 3.70. The van der Waals surface area contributed by atoms with Crippen LogP contribution >= 0.6 is 0 Å². The molecule has 1 aromatic heterocycles. The topological polar surface area (TPSA) is 34.9 Å². The summed E-state index contributed by atoms with van der Waals surface area (Å²) in [5.74, 6) is 0. The van der Waals surface area contributed by atoms with Crippen molar-refractivity contribution in [3.63, 3.8) is 0 Å². The summed E-state index contributed by atoms with van der Waals surface area (Å²) < 4.78 is 1.82. The molecule has 16 heavy (non-hydrogen) atoms. The number of hydrogen-bond acceptors (Lipinski definition) is 2. The van der Waals surface area contributed by atoms with Crippen molar-refractivity contribution >= 4 is 6.29 Å². The Morgan fingerprint density at radius 2 is 2.31 bits per heavy atom. The van der Waals surface area contributed by atoms with Crippen LogP contribution in [0.25, 0.3) is 0 Å². The van der Waals surface area contributed by atoms with E-state index in [4.69, 9.17) is 0 Å². The molecule has 0 unspecified atom stereocenters. The summed E-state index contributed by atoms with van der Waals surface area (Å²) in [6.45, 7) is 8.36. The molecule has 0 bridgehead atoms. The molecule has 0 aromatic carbocycles. The minimum Gasteiger partial charge on any atom is -0.324 e. The van der Waals surface area contributed by atoms with Crippen LogP contribution in [0.5, 0.6) is 0 Å². The maximum absolute atomic E-state index is 10.7. The molecule has 0 atom stereocenters. The zero-order valence-electron chi connectivity index (χ0n) is 9.68. The van der Waals surface area contributed by atoms with Gasteiger partial charge in [0.1, 0.15) is 5.69 Å². The molecule has 0 radical (unpaired) electrons. The molecule has 0 saturated heterocycles. The van der Waals surface area contributed by atoms with Gasteiger partial charge in [-0.3, -0.25) is 4.79 Å². The first-order valence-electron chi connectivity index (χ1n) is 5.09. The summed E-state index contributed by atoms with van der Waals surface area (Å²) in [6.07, 6.45) is 9.80. The third-order valence-electron chi connectivity index (χ3n) is 2.14. The summed E-state index contributed by atoms with van der Waals surface area (Å²) >= 11 is 0. The van der Waals surface area contributed by atoms with Crippen molar-refractivity contribution in [1.29, 1.82) is 0 Å². The number of carbonyl (C=O) groups excluding carboxylic acids is 1. The minimum absolute atomic E-state index is 0.595. The van der Waals surface area contributed by atoms with Crippen molar-refractivity contribution in [2.24, 2.45) is 0 Å². The van der Waals surface area contributed by atoms with Crippen LogP contribution in [-0.4, -0.2) is 15.8 Å². The highest BCUT2D eigenvalue weighted by atomic mass is 16.1. The Hall–Kier alpha value is -1.90. The number of nitrogens with zero attached hydrogens (tertiary/aromatic N) is 2. The highest BCUT2D eigenvalue weighted by Gasteiger charge is 2.00. The van der Waals surface area contributed by atoms with Gasteiger partial charge in [-0.25, -0.2) is 4.98 Å². The third-order valence-corrected chi connectivity index (χ3v) is 2.14. The van der Waals surface area contributed by atoms with Gasteiger partial charge in [-0.1, -0.05) is 36.0 Å². The lowest BCUT2D eigenvalue weighted by atomic mass is 10.2. The molecule has 0 aliphatic carbocycles. The van der Waals surface area contributed by atoms with Crippen molar-refractivity contribution in [3.8, 4) is 0 Å². The smallest absolute Gasteiger partial charge is 0.168 e. The fourth-order valence-corrected chi connectivity index (χ4v) is 1.50. The molecule has 0 aliphatic rings. The van der Waals surface area contributed by atoms with E-state index < -0.39 is 0 Å². The van der Waals surface area contributed by atoms with Gasteiger partial charge >= 0.3 is 0 Å². The zero-order valence-corrected chi connectivity index (χ0v) is 9.68. The fourth-order valence-electron chi connectivity index (χ4n) is 1.50. The van der Waals surface area contributed by atoms with Crippen LogP contribution in [0.3, 0.4) is 0 Å². The molecular formula is C13H16N2O. The van der Waals surface area contributed by atoms with Crippen LogP contribution in [0.1, 0.15) is 24.3 Å². The van der Waals surface area contributed by atoms with Crippen LogP contribution in [0.15, 0.2) is 48.5 Å². The van der Waals surface area contributed by atoms with Gasteiger partial charge in [0.25, 0.3) is 0 Å². The Bertz CT molecular complexity index is 439. The lowest BCUT2D eigenvalue weighted by Gasteiger charge is -2.04. The number of carbonyl (C=O) groups is 1. The summed E-state index contributed by atoms with van der Waals surface area (Å²) in [5, 5.41) is 0. The first kappa shape index (κ1) is 12.2. The number of aldehydes is 1. The second-order valence-corrected chi connectivity index (χ2v) is 3.70. The van der Waals surface area contributed by atoms with Crippen LogP contribution < -0.4 is 0 Å². The van der Waals surface area contributed by atoms with Gasteiger partial charge < -0.3 is 4.57 Å². The molecule has 3 nitrogen and oxygen atoms in total. The third kappa shape index (κ3) is 3.35. The molecule has 0 aliphatic heterocycles. The number of allylic oxidation sites excluding steroid dienone is 5. The van der Waals surface area contributed by atoms with Gasteiger partial charge in [0, 0.05) is 6.54 Å². The molecule has 1 heterocycles. The number of aromatic nitrogens is 2. The van der Waals surface area contributed by atoms with E-state index in [2.05, 4.69) is 17.6 Å². The van der Waals surface area contributed by atoms with E-state index in [0.717, 1.165) is 17.4 Å². The van der Waals surface area contributed by atoms with Crippen LogP contribution in [0.2, 0.25) is 0 Å². The Kier molecular flexibility index (Phi) is 4.45. The molecular weight excluding hydrogens is 200 g/mol. The lowest BCUT2D eigenvalue weighted by Crippen LogP contribution is -2.01. The molecule has 84 valence electrons. The van der Waals surface area contributed by atoms with E-state index in [1.807, 2.05) is 24.5 Å². The van der Waals surface area contributed by atoms with Gasteiger partial charge in [0.2, 0.25) is 0 Å². The van der Waals surface area contributed by atoms with Crippen LogP contribution in [0.4, 0.5) is 0 Å². The molecule has 1 rings (SSSR count). The number of rotatable bonds is 5. The Morgan fingerprint density at radius 1 is 1.56 bits per heavy atom. The van der Waals surface area contributed by atoms with Crippen LogP contribution in [0, 0.1) is 0 Å². The monoisotopic (exact) mass is 216 g/mol. The summed E-state index contributed by atoms with van der Waals surface area (Å²) in [5.41, 5.74) is 2.90. The van der Waals surface area contributed by atoms with E-state index in [1.54, 1.807) is 18.6 Å². The quantitative estimate of drug-likeness (QED) is 0.560. The fraction of sp³-hybridized carbons (Fsp3) is 0.231. The predicted octanol–water partition coefficient (Wildman–Crippen LogP) is 2.77. The SMILES string of the molecule is C=C/C=C(C)\C=C(/C)Cn1cncc1C=O. The molecule has 0 saturated carbocycles. The molecule has 0 fully saturated rings. The Balaban J connectivity index is 2.78. The van der Waals surface area contributed by atoms with E-state index >= 15 is 0 Å². The normalized spacial score (nSPS) is 12.6. The standard InChI is InChI=1S/C13H16N2O/c1-4-5-11(2)6-12(3)8-15-10-14-7-13(15)9-16/h4-7,9-10H,1,8H2,2-3H3/b11-5-,12-6+.